The van der Waals surface area contributed by atoms with Crippen molar-refractivity contribution >= 4 is 5.91 Å². The van der Waals surface area contributed by atoms with Crippen LogP contribution in [0.25, 0.3) is 0 Å². The third kappa shape index (κ3) is 4.00. The summed E-state index contributed by atoms with van der Waals surface area (Å²) < 4.78 is 0. The van der Waals surface area contributed by atoms with Crippen LogP contribution in [-0.4, -0.2) is 18.5 Å². The Morgan fingerprint density at radius 2 is 2.24 bits per heavy atom. The predicted octanol–water partition coefficient (Wildman–Crippen LogP) is 2.72. The van der Waals surface area contributed by atoms with E-state index in [1.54, 1.807) is 6.20 Å². The number of hydrogen-bond donors (Lipinski definition) is 2. The Kier molecular flexibility index (Phi) is 5.67. The number of hydrogen-bond acceptors (Lipinski definition) is 3. The Bertz CT molecular complexity index is 438. The first-order valence-corrected chi connectivity index (χ1v) is 8.30. The molecule has 0 aromatic heterocycles. The van der Waals surface area contributed by atoms with E-state index in [0.29, 0.717) is 18.5 Å². The van der Waals surface area contributed by atoms with Crippen LogP contribution in [0.4, 0.5) is 0 Å². The summed E-state index contributed by atoms with van der Waals surface area (Å²) in [4.78, 5) is 11.9. The van der Waals surface area contributed by atoms with E-state index in [1.807, 2.05) is 6.07 Å². The van der Waals surface area contributed by atoms with Crippen LogP contribution in [0.2, 0.25) is 0 Å². The van der Waals surface area contributed by atoms with E-state index in [-0.39, 0.29) is 11.5 Å². The first-order valence-electron chi connectivity index (χ1n) is 8.30. The smallest absolute Gasteiger partial charge is 0.263 e. The summed E-state index contributed by atoms with van der Waals surface area (Å²) in [6, 6.07) is 2.34. The highest BCUT2D eigenvalue weighted by molar-refractivity contribution is 5.97. The second-order valence-corrected chi connectivity index (χ2v) is 6.57. The Morgan fingerprint density at radius 3 is 2.81 bits per heavy atom. The van der Waals surface area contributed by atoms with E-state index < -0.39 is 0 Å². The van der Waals surface area contributed by atoms with E-state index in [2.05, 4.69) is 24.5 Å². The molecule has 4 heteroatoms. The minimum absolute atomic E-state index is 0.182. The number of carbonyl (C=O) groups is 1. The fourth-order valence-electron chi connectivity index (χ4n) is 3.87. The maximum atomic E-state index is 11.9. The van der Waals surface area contributed by atoms with Gasteiger partial charge in [-0.25, -0.2) is 0 Å². The zero-order chi connectivity index (χ0) is 15.2. The van der Waals surface area contributed by atoms with Crippen molar-refractivity contribution < 1.29 is 4.79 Å². The minimum Gasteiger partial charge on any atom is -0.387 e. The molecule has 2 aliphatic rings. The van der Waals surface area contributed by atoms with Crippen molar-refractivity contribution in [3.63, 3.8) is 0 Å². The van der Waals surface area contributed by atoms with Gasteiger partial charge in [0.05, 0.1) is 0 Å². The fourth-order valence-corrected chi connectivity index (χ4v) is 3.87. The zero-order valence-electron chi connectivity index (χ0n) is 13.2. The molecule has 2 rings (SSSR count). The number of nitrogens with zero attached hydrogens (tertiary/aromatic N) is 1. The van der Waals surface area contributed by atoms with Gasteiger partial charge in [-0.1, -0.05) is 19.8 Å². The molecule has 0 saturated heterocycles. The average Bonchev–Trinajstić information content (AvgIpc) is 3.10. The van der Waals surface area contributed by atoms with Crippen molar-refractivity contribution in [3.05, 3.63) is 11.8 Å². The number of unbranched alkanes of at least 4 members (excludes halogenated alkanes) is 1. The van der Waals surface area contributed by atoms with Crippen LogP contribution in [0.1, 0.15) is 52.4 Å². The van der Waals surface area contributed by atoms with Crippen LogP contribution in [0.3, 0.4) is 0 Å². The monoisotopic (exact) mass is 289 g/mol. The molecule has 0 aliphatic heterocycles. The maximum Gasteiger partial charge on any atom is 0.263 e. The van der Waals surface area contributed by atoms with Gasteiger partial charge < -0.3 is 10.6 Å². The Morgan fingerprint density at radius 1 is 1.43 bits per heavy atom. The van der Waals surface area contributed by atoms with E-state index in [0.717, 1.165) is 24.7 Å². The lowest BCUT2D eigenvalue weighted by Gasteiger charge is -2.28. The summed E-state index contributed by atoms with van der Waals surface area (Å²) >= 11 is 0. The van der Waals surface area contributed by atoms with Gasteiger partial charge in [0.25, 0.3) is 5.91 Å². The van der Waals surface area contributed by atoms with Gasteiger partial charge in [-0.2, -0.15) is 5.26 Å². The second kappa shape index (κ2) is 7.49. The molecule has 0 aromatic carbocycles. The van der Waals surface area contributed by atoms with Crippen LogP contribution in [0.5, 0.6) is 0 Å². The van der Waals surface area contributed by atoms with Crippen LogP contribution in [0.15, 0.2) is 11.8 Å². The van der Waals surface area contributed by atoms with Gasteiger partial charge in [0.2, 0.25) is 0 Å². The van der Waals surface area contributed by atoms with Crippen LogP contribution < -0.4 is 10.6 Å². The molecular formula is C17H27N3O. The van der Waals surface area contributed by atoms with Crippen molar-refractivity contribution in [3.8, 4) is 6.07 Å². The molecule has 1 amide bonds. The molecule has 0 aromatic rings. The van der Waals surface area contributed by atoms with Gasteiger partial charge in [-0.15, -0.1) is 0 Å². The van der Waals surface area contributed by atoms with Crippen molar-refractivity contribution in [2.45, 2.75) is 58.4 Å². The standard InChI is InChI=1S/C17H27N3O/c1-3-4-7-19-17(21)15(10-18)11-20-12(2)16-9-13-5-6-14(16)8-13/h11-14,16,20H,3-9H2,1-2H3,(H,19,21)/b15-11-. The van der Waals surface area contributed by atoms with Gasteiger partial charge in [-0.3, -0.25) is 4.79 Å². The molecule has 4 nitrogen and oxygen atoms in total. The number of nitrogens with one attached hydrogen (secondary N) is 2. The highest BCUT2D eigenvalue weighted by Crippen LogP contribution is 2.49. The van der Waals surface area contributed by atoms with Gasteiger partial charge in [0, 0.05) is 18.8 Å². The molecule has 2 saturated carbocycles. The number of nitriles is 1. The Hall–Kier alpha value is -1.50. The fraction of sp³-hybridized carbons (Fsp3) is 0.765. The van der Waals surface area contributed by atoms with E-state index in [4.69, 9.17) is 5.26 Å². The molecular weight excluding hydrogens is 262 g/mol. The summed E-state index contributed by atoms with van der Waals surface area (Å²) in [5.41, 5.74) is 0.182. The molecule has 0 spiro atoms. The molecule has 2 bridgehead atoms. The zero-order valence-corrected chi connectivity index (χ0v) is 13.2. The number of amides is 1. The van der Waals surface area contributed by atoms with Crippen molar-refractivity contribution in [1.82, 2.24) is 10.6 Å². The van der Waals surface area contributed by atoms with Gasteiger partial charge >= 0.3 is 0 Å². The van der Waals surface area contributed by atoms with E-state index >= 15 is 0 Å². The summed E-state index contributed by atoms with van der Waals surface area (Å²) in [5.74, 6) is 2.19. The largest absolute Gasteiger partial charge is 0.387 e. The van der Waals surface area contributed by atoms with Crippen molar-refractivity contribution in [1.29, 1.82) is 5.26 Å². The van der Waals surface area contributed by atoms with E-state index in [1.165, 1.54) is 25.7 Å². The quantitative estimate of drug-likeness (QED) is 0.430. The predicted molar refractivity (Wildman–Crippen MR) is 83.1 cm³/mol. The number of fused-ring (bicyclic) bond motifs is 2. The highest BCUT2D eigenvalue weighted by Gasteiger charge is 2.41. The van der Waals surface area contributed by atoms with Crippen molar-refractivity contribution in [2.75, 3.05) is 6.54 Å². The van der Waals surface area contributed by atoms with Gasteiger partial charge in [0.1, 0.15) is 11.6 Å². The number of carbonyl (C=O) groups excluding carboxylic acids is 1. The first kappa shape index (κ1) is 15.9. The molecule has 2 fully saturated rings. The molecule has 4 atom stereocenters. The Labute approximate surface area is 128 Å². The third-order valence-corrected chi connectivity index (χ3v) is 5.11. The molecule has 4 unspecified atom stereocenters. The Balaban J connectivity index is 1.83. The summed E-state index contributed by atoms with van der Waals surface area (Å²) in [6.07, 6.45) is 9.02. The normalized spacial score (nSPS) is 29.0. The maximum absolute atomic E-state index is 11.9. The molecule has 2 aliphatic carbocycles. The molecule has 21 heavy (non-hydrogen) atoms. The summed E-state index contributed by atoms with van der Waals surface area (Å²) in [7, 11) is 0. The first-order chi connectivity index (χ1) is 10.2. The summed E-state index contributed by atoms with van der Waals surface area (Å²) in [6.45, 7) is 4.88. The van der Waals surface area contributed by atoms with Crippen molar-refractivity contribution in [2.24, 2.45) is 17.8 Å². The third-order valence-electron chi connectivity index (χ3n) is 5.11. The average molecular weight is 289 g/mol. The van der Waals surface area contributed by atoms with Crippen LogP contribution in [-0.2, 0) is 4.79 Å². The lowest BCUT2D eigenvalue weighted by atomic mass is 9.84. The molecule has 0 heterocycles. The lowest BCUT2D eigenvalue weighted by molar-refractivity contribution is -0.117. The lowest BCUT2D eigenvalue weighted by Crippen LogP contribution is -2.34. The molecule has 116 valence electrons. The number of rotatable bonds is 7. The van der Waals surface area contributed by atoms with E-state index in [9.17, 15) is 4.79 Å². The van der Waals surface area contributed by atoms with Crippen LogP contribution >= 0.6 is 0 Å². The second-order valence-electron chi connectivity index (χ2n) is 6.57. The summed E-state index contributed by atoms with van der Waals surface area (Å²) in [5, 5.41) is 15.2. The van der Waals surface area contributed by atoms with Gasteiger partial charge in [0.15, 0.2) is 0 Å². The van der Waals surface area contributed by atoms with Gasteiger partial charge in [-0.05, 0) is 50.4 Å². The topological polar surface area (TPSA) is 64.9 Å². The molecule has 0 radical (unpaired) electrons. The highest BCUT2D eigenvalue weighted by atomic mass is 16.1. The molecule has 2 N–H and O–H groups in total. The SMILES string of the molecule is CCCCNC(=O)/C(C#N)=C\NC(C)C1CC2CCC1C2. The minimum atomic E-state index is -0.265. The van der Waals surface area contributed by atoms with Crippen LogP contribution in [0, 0.1) is 29.1 Å².